The number of amides is 2. The number of rotatable bonds is 6. The zero-order chi connectivity index (χ0) is 16.9. The van der Waals surface area contributed by atoms with E-state index in [0.29, 0.717) is 5.69 Å². The summed E-state index contributed by atoms with van der Waals surface area (Å²) in [6.07, 6.45) is 0. The Morgan fingerprint density at radius 1 is 1.23 bits per heavy atom. The minimum atomic E-state index is -0.685. The molecule has 0 unspecified atom stereocenters. The van der Waals surface area contributed by atoms with E-state index < -0.39 is 12.1 Å². The Morgan fingerprint density at radius 3 is 2.36 bits per heavy atom. The summed E-state index contributed by atoms with van der Waals surface area (Å²) in [5, 5.41) is 14.5. The number of anilines is 1. The third-order valence-corrected chi connectivity index (χ3v) is 3.55. The molecule has 6 nitrogen and oxygen atoms in total. The van der Waals surface area contributed by atoms with Crippen molar-refractivity contribution in [3.05, 3.63) is 29.3 Å². The van der Waals surface area contributed by atoms with Gasteiger partial charge in [-0.05, 0) is 43.0 Å². The summed E-state index contributed by atoms with van der Waals surface area (Å²) in [5.74, 6) is -0.658. The van der Waals surface area contributed by atoms with Crippen molar-refractivity contribution in [3.63, 3.8) is 0 Å². The first-order valence-electron chi connectivity index (χ1n) is 7.33. The van der Waals surface area contributed by atoms with Crippen LogP contribution in [0, 0.1) is 12.8 Å². The van der Waals surface area contributed by atoms with Crippen LogP contribution < -0.4 is 16.4 Å². The number of hydrogen-bond donors (Lipinski definition) is 4. The van der Waals surface area contributed by atoms with Crippen LogP contribution in [0.5, 0.6) is 0 Å². The monoisotopic (exact) mass is 307 g/mol. The molecule has 2 amide bonds. The van der Waals surface area contributed by atoms with Crippen LogP contribution in [0.15, 0.2) is 18.2 Å². The molecule has 0 saturated heterocycles. The van der Waals surface area contributed by atoms with E-state index >= 15 is 0 Å². The molecule has 0 heterocycles. The Morgan fingerprint density at radius 2 is 1.86 bits per heavy atom. The first kappa shape index (κ1) is 18.1. The zero-order valence-corrected chi connectivity index (χ0v) is 13.5. The van der Waals surface area contributed by atoms with Crippen LogP contribution in [0.2, 0.25) is 0 Å². The number of nitrogens with two attached hydrogens (primary N) is 1. The molecule has 0 aliphatic carbocycles. The maximum Gasteiger partial charge on any atom is 0.246 e. The van der Waals surface area contributed by atoms with Gasteiger partial charge in [-0.15, -0.1) is 0 Å². The van der Waals surface area contributed by atoms with Gasteiger partial charge in [-0.25, -0.2) is 0 Å². The summed E-state index contributed by atoms with van der Waals surface area (Å²) in [7, 11) is 0. The molecule has 0 spiro atoms. The van der Waals surface area contributed by atoms with E-state index in [-0.39, 0.29) is 24.3 Å². The summed E-state index contributed by atoms with van der Waals surface area (Å²) in [6, 6.07) is 3.92. The highest BCUT2D eigenvalue weighted by molar-refractivity contribution is 5.97. The molecule has 1 aromatic carbocycles. The van der Waals surface area contributed by atoms with Crippen LogP contribution in [-0.4, -0.2) is 29.0 Å². The maximum absolute atomic E-state index is 12.1. The molecule has 5 N–H and O–H groups in total. The number of carbonyl (C=O) groups is 2. The van der Waals surface area contributed by atoms with Gasteiger partial charge in [0.25, 0.3) is 0 Å². The van der Waals surface area contributed by atoms with Crippen molar-refractivity contribution < 1.29 is 14.7 Å². The molecule has 2 atom stereocenters. The van der Waals surface area contributed by atoms with E-state index in [1.54, 1.807) is 25.1 Å². The van der Waals surface area contributed by atoms with E-state index in [1.165, 1.54) is 0 Å². The molecule has 0 bridgehead atoms. The standard InChI is InChI=1S/C16H25N3O3/c1-9(2)14(17)16(22)18-11(4)15(21)19-13-6-5-12(8-20)10(3)7-13/h5-7,9,11,14,20H,8,17H2,1-4H3,(H,18,22)(H,19,21)/t11-,14-/m0/s1. The number of nitrogens with one attached hydrogen (secondary N) is 2. The first-order valence-corrected chi connectivity index (χ1v) is 7.33. The lowest BCUT2D eigenvalue weighted by atomic mass is 10.0. The smallest absolute Gasteiger partial charge is 0.246 e. The fraction of sp³-hybridized carbons (Fsp3) is 0.500. The third-order valence-electron chi connectivity index (χ3n) is 3.55. The van der Waals surface area contributed by atoms with Crippen molar-refractivity contribution in [1.29, 1.82) is 0 Å². The normalized spacial score (nSPS) is 13.6. The molecule has 122 valence electrons. The second kappa shape index (κ2) is 7.91. The predicted octanol–water partition coefficient (Wildman–Crippen LogP) is 0.914. The Bertz CT molecular complexity index is 543. The zero-order valence-electron chi connectivity index (χ0n) is 13.5. The number of aryl methyl sites for hydroxylation is 1. The van der Waals surface area contributed by atoms with Crippen molar-refractivity contribution >= 4 is 17.5 Å². The molecular weight excluding hydrogens is 282 g/mol. The number of aliphatic hydroxyl groups is 1. The van der Waals surface area contributed by atoms with E-state index in [9.17, 15) is 9.59 Å². The molecule has 22 heavy (non-hydrogen) atoms. The van der Waals surface area contributed by atoms with Gasteiger partial charge in [-0.3, -0.25) is 9.59 Å². The van der Waals surface area contributed by atoms with Gasteiger partial charge in [0, 0.05) is 5.69 Å². The lowest BCUT2D eigenvalue weighted by molar-refractivity contribution is -0.127. The van der Waals surface area contributed by atoms with Gasteiger partial charge in [0.15, 0.2) is 0 Å². The highest BCUT2D eigenvalue weighted by atomic mass is 16.3. The van der Waals surface area contributed by atoms with Gasteiger partial charge in [0.1, 0.15) is 6.04 Å². The Balaban J connectivity index is 2.64. The van der Waals surface area contributed by atoms with Crippen LogP contribution in [0.25, 0.3) is 0 Å². The fourth-order valence-electron chi connectivity index (χ4n) is 1.88. The van der Waals surface area contributed by atoms with Gasteiger partial charge in [-0.1, -0.05) is 19.9 Å². The topological polar surface area (TPSA) is 104 Å². The number of benzene rings is 1. The van der Waals surface area contributed by atoms with Gasteiger partial charge in [0.05, 0.1) is 12.6 Å². The lowest BCUT2D eigenvalue weighted by Crippen LogP contribution is -2.50. The average Bonchev–Trinajstić information content (AvgIpc) is 2.46. The minimum Gasteiger partial charge on any atom is -0.392 e. The third kappa shape index (κ3) is 4.82. The molecule has 0 aliphatic heterocycles. The molecule has 0 aliphatic rings. The van der Waals surface area contributed by atoms with Crippen LogP contribution >= 0.6 is 0 Å². The fourth-order valence-corrected chi connectivity index (χ4v) is 1.88. The van der Waals surface area contributed by atoms with Gasteiger partial charge < -0.3 is 21.5 Å². The Labute approximate surface area is 131 Å². The van der Waals surface area contributed by atoms with E-state index in [1.807, 2.05) is 20.8 Å². The maximum atomic E-state index is 12.1. The molecule has 6 heteroatoms. The molecule has 0 radical (unpaired) electrons. The summed E-state index contributed by atoms with van der Waals surface area (Å²) in [5.41, 5.74) is 8.06. The second-order valence-corrected chi connectivity index (χ2v) is 5.79. The number of carbonyl (C=O) groups excluding carboxylic acids is 2. The molecule has 1 rings (SSSR count). The highest BCUT2D eigenvalue weighted by Crippen LogP contribution is 2.15. The van der Waals surface area contributed by atoms with Crippen molar-refractivity contribution in [1.82, 2.24) is 5.32 Å². The van der Waals surface area contributed by atoms with E-state index in [4.69, 9.17) is 10.8 Å². The lowest BCUT2D eigenvalue weighted by Gasteiger charge is -2.19. The van der Waals surface area contributed by atoms with Gasteiger partial charge in [-0.2, -0.15) is 0 Å². The van der Waals surface area contributed by atoms with Crippen LogP contribution in [-0.2, 0) is 16.2 Å². The largest absolute Gasteiger partial charge is 0.392 e. The molecule has 0 saturated carbocycles. The SMILES string of the molecule is Cc1cc(NC(=O)[C@H](C)NC(=O)[C@@H](N)C(C)C)ccc1CO. The predicted molar refractivity (Wildman–Crippen MR) is 86.1 cm³/mol. The van der Waals surface area contributed by atoms with Crippen molar-refractivity contribution in [2.24, 2.45) is 11.7 Å². The molecule has 0 aromatic heterocycles. The minimum absolute atomic E-state index is 0.00365. The highest BCUT2D eigenvalue weighted by Gasteiger charge is 2.22. The van der Waals surface area contributed by atoms with Crippen molar-refractivity contribution in [2.45, 2.75) is 46.4 Å². The van der Waals surface area contributed by atoms with Crippen LogP contribution in [0.1, 0.15) is 31.9 Å². The summed E-state index contributed by atoms with van der Waals surface area (Å²) < 4.78 is 0. The van der Waals surface area contributed by atoms with Gasteiger partial charge in [0.2, 0.25) is 11.8 Å². The van der Waals surface area contributed by atoms with Crippen molar-refractivity contribution in [2.75, 3.05) is 5.32 Å². The quantitative estimate of drug-likeness (QED) is 0.627. The number of hydrogen-bond acceptors (Lipinski definition) is 4. The van der Waals surface area contributed by atoms with Crippen molar-refractivity contribution in [3.8, 4) is 0 Å². The van der Waals surface area contributed by atoms with Crippen LogP contribution in [0.4, 0.5) is 5.69 Å². The Kier molecular flexibility index (Phi) is 6.52. The van der Waals surface area contributed by atoms with Crippen LogP contribution in [0.3, 0.4) is 0 Å². The summed E-state index contributed by atoms with van der Waals surface area (Å²) in [6.45, 7) is 7.11. The van der Waals surface area contributed by atoms with Gasteiger partial charge >= 0.3 is 0 Å². The second-order valence-electron chi connectivity index (χ2n) is 5.79. The first-order chi connectivity index (χ1) is 10.3. The average molecular weight is 307 g/mol. The van der Waals surface area contributed by atoms with E-state index in [0.717, 1.165) is 11.1 Å². The molecule has 0 fully saturated rings. The molecule has 1 aromatic rings. The van der Waals surface area contributed by atoms with E-state index in [2.05, 4.69) is 10.6 Å². The summed E-state index contributed by atoms with van der Waals surface area (Å²) >= 11 is 0. The summed E-state index contributed by atoms with van der Waals surface area (Å²) in [4.78, 5) is 23.9. The number of aliphatic hydroxyl groups excluding tert-OH is 1. The molecular formula is C16H25N3O3. The Hall–Kier alpha value is -1.92.